The molecule has 0 radical (unpaired) electrons. The first-order chi connectivity index (χ1) is 22.3. The minimum absolute atomic E-state index is 0.0476. The number of carbonyl (C=O) groups is 4. The molecule has 14 heteroatoms. The van der Waals surface area contributed by atoms with Gasteiger partial charge < -0.3 is 25.2 Å². The van der Waals surface area contributed by atoms with E-state index in [4.69, 9.17) is 4.74 Å². The number of hydrogen-bond acceptors (Lipinski definition) is 8. The third kappa shape index (κ3) is 8.76. The molecule has 1 aromatic carbocycles. The van der Waals surface area contributed by atoms with Crippen LogP contribution in [0.1, 0.15) is 48.0 Å². The number of pyridine rings is 2. The lowest BCUT2D eigenvalue weighted by molar-refractivity contribution is -0.130. The predicted molar refractivity (Wildman–Crippen MR) is 170 cm³/mol. The second-order valence-corrected chi connectivity index (χ2v) is 12.7. The molecule has 0 atom stereocenters. The zero-order chi connectivity index (χ0) is 33.8. The number of rotatable bonds is 8. The van der Waals surface area contributed by atoms with Gasteiger partial charge in [0.05, 0.1) is 24.2 Å². The molecule has 2 aliphatic rings. The molecule has 2 fully saturated rings. The van der Waals surface area contributed by atoms with Crippen molar-refractivity contribution in [2.24, 2.45) is 0 Å². The van der Waals surface area contributed by atoms with Crippen LogP contribution in [-0.4, -0.2) is 119 Å². The van der Waals surface area contributed by atoms with E-state index in [0.717, 1.165) is 10.5 Å². The third-order valence-electron chi connectivity index (χ3n) is 7.98. The summed E-state index contributed by atoms with van der Waals surface area (Å²) < 4.78 is 32.4. The molecule has 0 aliphatic carbocycles. The van der Waals surface area contributed by atoms with Gasteiger partial charge in [0.1, 0.15) is 11.3 Å². The quantitative estimate of drug-likeness (QED) is 0.379. The van der Waals surface area contributed by atoms with Crippen molar-refractivity contribution in [1.29, 1.82) is 0 Å². The summed E-state index contributed by atoms with van der Waals surface area (Å²) >= 11 is 0. The van der Waals surface area contributed by atoms with Crippen molar-refractivity contribution in [3.05, 3.63) is 60.0 Å². The molecule has 47 heavy (non-hydrogen) atoms. The maximum atomic E-state index is 13.5. The average Bonchev–Trinajstić information content (AvgIpc) is 3.42. The van der Waals surface area contributed by atoms with Crippen LogP contribution >= 0.6 is 0 Å². The number of hydrogen-bond donors (Lipinski definition) is 2. The topological polar surface area (TPSA) is 137 Å². The lowest BCUT2D eigenvalue weighted by Crippen LogP contribution is -2.51. The number of amides is 4. The fraction of sp³-hybridized carbons (Fsp3) is 0.455. The Balaban J connectivity index is 1.14. The third-order valence-corrected chi connectivity index (χ3v) is 7.98. The molecule has 3 aromatic rings. The SMILES string of the molecule is CC(C)(C)OC(=O)N1CCN(CCNC(=O)c2ccc(-c3ccc4nccc(C(=O)NCC(=O)N5CCC(F)(F)C5)c4c3)cn2)CC1. The van der Waals surface area contributed by atoms with Crippen LogP contribution in [0, 0.1) is 0 Å². The molecule has 4 amide bonds. The van der Waals surface area contributed by atoms with E-state index in [9.17, 15) is 28.0 Å². The Morgan fingerprint density at radius 1 is 0.894 bits per heavy atom. The first kappa shape index (κ1) is 33.6. The molecule has 4 heterocycles. The van der Waals surface area contributed by atoms with Gasteiger partial charge in [-0.05, 0) is 50.6 Å². The number of carbonyl (C=O) groups excluding carboxylic acids is 4. The van der Waals surface area contributed by atoms with Gasteiger partial charge in [-0.15, -0.1) is 0 Å². The summed E-state index contributed by atoms with van der Waals surface area (Å²) in [6, 6.07) is 10.3. The Hall–Kier alpha value is -4.72. The van der Waals surface area contributed by atoms with Crippen LogP contribution in [0.4, 0.5) is 13.6 Å². The van der Waals surface area contributed by atoms with E-state index in [-0.39, 0.29) is 36.2 Å². The molecular weight excluding hydrogens is 612 g/mol. The smallest absolute Gasteiger partial charge is 0.410 e. The van der Waals surface area contributed by atoms with Crippen molar-refractivity contribution in [2.45, 2.75) is 38.7 Å². The van der Waals surface area contributed by atoms with E-state index in [1.807, 2.05) is 26.8 Å². The lowest BCUT2D eigenvalue weighted by Gasteiger charge is -2.35. The van der Waals surface area contributed by atoms with Gasteiger partial charge in [0, 0.05) is 75.6 Å². The summed E-state index contributed by atoms with van der Waals surface area (Å²) in [6.07, 6.45) is 2.36. The molecule has 250 valence electrons. The second-order valence-electron chi connectivity index (χ2n) is 12.7. The van der Waals surface area contributed by atoms with Crippen molar-refractivity contribution >= 4 is 34.7 Å². The minimum atomic E-state index is -2.91. The maximum absolute atomic E-state index is 13.5. The largest absolute Gasteiger partial charge is 0.444 e. The highest BCUT2D eigenvalue weighted by Crippen LogP contribution is 2.27. The fourth-order valence-electron chi connectivity index (χ4n) is 5.43. The second kappa shape index (κ2) is 14.0. The van der Waals surface area contributed by atoms with E-state index in [0.29, 0.717) is 55.7 Å². The summed E-state index contributed by atoms with van der Waals surface area (Å²) in [6.45, 7) is 7.99. The van der Waals surface area contributed by atoms with E-state index in [1.165, 1.54) is 12.3 Å². The number of ether oxygens (including phenoxy) is 1. The van der Waals surface area contributed by atoms with Gasteiger partial charge in [0.15, 0.2) is 0 Å². The molecule has 12 nitrogen and oxygen atoms in total. The molecule has 0 spiro atoms. The molecular formula is C33H39F2N7O5. The van der Waals surface area contributed by atoms with E-state index in [1.54, 1.807) is 35.4 Å². The normalized spacial score (nSPS) is 16.6. The Morgan fingerprint density at radius 2 is 1.64 bits per heavy atom. The van der Waals surface area contributed by atoms with Crippen LogP contribution in [-0.2, 0) is 9.53 Å². The van der Waals surface area contributed by atoms with Gasteiger partial charge in [-0.1, -0.05) is 12.1 Å². The number of nitrogens with one attached hydrogen (secondary N) is 2. The van der Waals surface area contributed by atoms with Crippen LogP contribution in [0.25, 0.3) is 22.0 Å². The van der Waals surface area contributed by atoms with Crippen molar-refractivity contribution in [2.75, 3.05) is 58.9 Å². The van der Waals surface area contributed by atoms with Crippen LogP contribution in [0.2, 0.25) is 0 Å². The van der Waals surface area contributed by atoms with Gasteiger partial charge in [0.25, 0.3) is 17.7 Å². The first-order valence-electron chi connectivity index (χ1n) is 15.6. The van der Waals surface area contributed by atoms with Crippen molar-refractivity contribution in [1.82, 2.24) is 35.3 Å². The Kier molecular flexibility index (Phi) is 9.99. The molecule has 0 saturated carbocycles. The monoisotopic (exact) mass is 651 g/mol. The van der Waals surface area contributed by atoms with Crippen LogP contribution < -0.4 is 10.6 Å². The Labute approximate surface area is 271 Å². The molecule has 2 N–H and O–H groups in total. The fourth-order valence-corrected chi connectivity index (χ4v) is 5.43. The van der Waals surface area contributed by atoms with Gasteiger partial charge in [-0.3, -0.25) is 29.3 Å². The predicted octanol–water partition coefficient (Wildman–Crippen LogP) is 3.18. The molecule has 2 aromatic heterocycles. The summed E-state index contributed by atoms with van der Waals surface area (Å²) in [5.41, 5.74) is 2.01. The van der Waals surface area contributed by atoms with Crippen molar-refractivity contribution in [3.8, 4) is 11.1 Å². The molecule has 2 aliphatic heterocycles. The number of alkyl halides is 2. The van der Waals surface area contributed by atoms with E-state index in [2.05, 4.69) is 25.5 Å². The zero-order valence-corrected chi connectivity index (χ0v) is 26.7. The van der Waals surface area contributed by atoms with Gasteiger partial charge in [-0.25, -0.2) is 13.6 Å². The minimum Gasteiger partial charge on any atom is -0.444 e. The highest BCUT2D eigenvalue weighted by Gasteiger charge is 2.40. The summed E-state index contributed by atoms with van der Waals surface area (Å²) in [5, 5.41) is 5.97. The Bertz CT molecular complexity index is 1640. The number of nitrogens with zero attached hydrogens (tertiary/aromatic N) is 5. The molecule has 0 bridgehead atoms. The highest BCUT2D eigenvalue weighted by molar-refractivity contribution is 6.07. The zero-order valence-electron chi connectivity index (χ0n) is 26.7. The van der Waals surface area contributed by atoms with Crippen molar-refractivity contribution in [3.63, 3.8) is 0 Å². The van der Waals surface area contributed by atoms with Crippen LogP contribution in [0.3, 0.4) is 0 Å². The standard InChI is InChI=1S/C33H39F2N7O5/c1-32(2,3)47-31(46)41-16-14-40(15-17-41)13-11-37-30(45)27-7-5-23(19-38-27)22-4-6-26-25(18-22)24(8-10-36-26)29(44)39-20-28(43)42-12-9-33(34,35)21-42/h4-8,10,18-19H,9,11-17,20-21H2,1-3H3,(H,37,45)(H,39,44). The van der Waals surface area contributed by atoms with Crippen LogP contribution in [0.5, 0.6) is 0 Å². The van der Waals surface area contributed by atoms with Gasteiger partial charge >= 0.3 is 6.09 Å². The molecule has 0 unspecified atom stereocenters. The summed E-state index contributed by atoms with van der Waals surface area (Å²) in [4.78, 5) is 64.0. The van der Waals surface area contributed by atoms with E-state index >= 15 is 0 Å². The highest BCUT2D eigenvalue weighted by atomic mass is 19.3. The van der Waals surface area contributed by atoms with Crippen molar-refractivity contribution < 1.29 is 32.7 Å². The maximum Gasteiger partial charge on any atom is 0.410 e. The average molecular weight is 652 g/mol. The number of piperazine rings is 1. The first-order valence-corrected chi connectivity index (χ1v) is 15.6. The number of likely N-dealkylation sites (tertiary alicyclic amines) is 1. The van der Waals surface area contributed by atoms with Gasteiger partial charge in [-0.2, -0.15) is 0 Å². The lowest BCUT2D eigenvalue weighted by atomic mass is 10.0. The Morgan fingerprint density at radius 3 is 2.30 bits per heavy atom. The van der Waals surface area contributed by atoms with E-state index < -0.39 is 36.4 Å². The van der Waals surface area contributed by atoms with Gasteiger partial charge in [0.2, 0.25) is 5.91 Å². The number of benzene rings is 1. The summed E-state index contributed by atoms with van der Waals surface area (Å²) in [7, 11) is 0. The number of fused-ring (bicyclic) bond motifs is 1. The molecule has 2 saturated heterocycles. The summed E-state index contributed by atoms with van der Waals surface area (Å²) in [5.74, 6) is -4.30. The molecule has 5 rings (SSSR count). The number of aromatic nitrogens is 2. The number of halogens is 2. The van der Waals surface area contributed by atoms with Crippen LogP contribution in [0.15, 0.2) is 48.8 Å².